The van der Waals surface area contributed by atoms with Gasteiger partial charge in [0.2, 0.25) is 0 Å². The van der Waals surface area contributed by atoms with Crippen molar-refractivity contribution in [3.8, 4) is 0 Å². The van der Waals surface area contributed by atoms with Gasteiger partial charge in [0.05, 0.1) is 0 Å². The van der Waals surface area contributed by atoms with Crippen molar-refractivity contribution in [1.29, 1.82) is 0 Å². The highest BCUT2D eigenvalue weighted by Crippen LogP contribution is 2.17. The second-order valence-electron chi connectivity index (χ2n) is 4.35. The van der Waals surface area contributed by atoms with Gasteiger partial charge >= 0.3 is 0 Å². The summed E-state index contributed by atoms with van der Waals surface area (Å²) < 4.78 is 0. The Labute approximate surface area is 103 Å². The molecule has 1 aliphatic carbocycles. The molecule has 2 rings (SSSR count). The molecule has 0 saturated heterocycles. The second-order valence-corrected chi connectivity index (χ2v) is 4.35. The van der Waals surface area contributed by atoms with Gasteiger partial charge in [-0.1, -0.05) is 0 Å². The van der Waals surface area contributed by atoms with Gasteiger partial charge < -0.3 is 11.1 Å². The summed E-state index contributed by atoms with van der Waals surface area (Å²) >= 11 is 0. The summed E-state index contributed by atoms with van der Waals surface area (Å²) in [7, 11) is 0. The van der Waals surface area contributed by atoms with E-state index >= 15 is 0 Å². The third-order valence-electron chi connectivity index (χ3n) is 3.12. The molecular weight excluding hydrogens is 222 g/mol. The second kappa shape index (κ2) is 6.84. The van der Waals surface area contributed by atoms with Gasteiger partial charge in [0, 0.05) is 31.0 Å². The Bertz CT molecular complexity index is 284. The third kappa shape index (κ3) is 4.08. The van der Waals surface area contributed by atoms with Gasteiger partial charge in [0.1, 0.15) is 0 Å². The Morgan fingerprint density at radius 3 is 2.44 bits per heavy atom. The molecule has 0 radical (unpaired) electrons. The maximum absolute atomic E-state index is 5.87. The van der Waals surface area contributed by atoms with Crippen LogP contribution in [0.25, 0.3) is 0 Å². The molecule has 3 N–H and O–H groups in total. The minimum absolute atomic E-state index is 0. The Balaban J connectivity index is 0.00000128. The third-order valence-corrected chi connectivity index (χ3v) is 3.12. The van der Waals surface area contributed by atoms with E-state index in [0.29, 0.717) is 12.1 Å². The molecule has 4 heteroatoms. The fraction of sp³-hybridized carbons (Fsp3) is 0.583. The SMILES string of the molecule is Cl.NC1CCC(NCc2ccncc2)CC1. The van der Waals surface area contributed by atoms with Crippen LogP contribution in [0.3, 0.4) is 0 Å². The summed E-state index contributed by atoms with van der Waals surface area (Å²) in [4.78, 5) is 4.01. The number of nitrogens with one attached hydrogen (secondary N) is 1. The van der Waals surface area contributed by atoms with Crippen LogP contribution in [0, 0.1) is 0 Å². The lowest BCUT2D eigenvalue weighted by Gasteiger charge is -2.26. The molecule has 1 saturated carbocycles. The number of halogens is 1. The Morgan fingerprint density at radius 2 is 1.81 bits per heavy atom. The molecule has 1 aromatic rings. The van der Waals surface area contributed by atoms with E-state index in [9.17, 15) is 0 Å². The average molecular weight is 242 g/mol. The van der Waals surface area contributed by atoms with Gasteiger partial charge in [0.15, 0.2) is 0 Å². The quantitative estimate of drug-likeness (QED) is 0.850. The number of hydrogen-bond donors (Lipinski definition) is 2. The summed E-state index contributed by atoms with van der Waals surface area (Å²) in [5.74, 6) is 0. The first kappa shape index (κ1) is 13.4. The van der Waals surface area contributed by atoms with Crippen molar-refractivity contribution in [2.75, 3.05) is 0 Å². The molecule has 1 aromatic heterocycles. The van der Waals surface area contributed by atoms with Crippen LogP contribution in [0.4, 0.5) is 0 Å². The van der Waals surface area contributed by atoms with Crippen molar-refractivity contribution in [3.63, 3.8) is 0 Å². The van der Waals surface area contributed by atoms with Gasteiger partial charge in [-0.25, -0.2) is 0 Å². The van der Waals surface area contributed by atoms with Crippen LogP contribution < -0.4 is 11.1 Å². The molecule has 3 nitrogen and oxygen atoms in total. The van der Waals surface area contributed by atoms with Crippen molar-refractivity contribution >= 4 is 12.4 Å². The molecule has 0 atom stereocenters. The van der Waals surface area contributed by atoms with Gasteiger partial charge in [-0.2, -0.15) is 0 Å². The maximum atomic E-state index is 5.87. The molecule has 1 aliphatic rings. The zero-order chi connectivity index (χ0) is 10.5. The molecule has 1 fully saturated rings. The van der Waals surface area contributed by atoms with Crippen molar-refractivity contribution < 1.29 is 0 Å². The van der Waals surface area contributed by atoms with Crippen molar-refractivity contribution in [2.45, 2.75) is 44.3 Å². The molecule has 1 heterocycles. The fourth-order valence-corrected chi connectivity index (χ4v) is 2.09. The molecule has 0 spiro atoms. The Morgan fingerprint density at radius 1 is 1.19 bits per heavy atom. The normalized spacial score (nSPS) is 24.8. The number of pyridine rings is 1. The molecule has 0 aromatic carbocycles. The lowest BCUT2D eigenvalue weighted by molar-refractivity contribution is 0.342. The van der Waals surface area contributed by atoms with Crippen LogP contribution in [0.1, 0.15) is 31.2 Å². The molecule has 0 bridgehead atoms. The van der Waals surface area contributed by atoms with Crippen molar-refractivity contribution in [1.82, 2.24) is 10.3 Å². The number of hydrogen-bond acceptors (Lipinski definition) is 3. The lowest BCUT2D eigenvalue weighted by Crippen LogP contribution is -2.36. The van der Waals surface area contributed by atoms with Crippen LogP contribution in [-0.4, -0.2) is 17.1 Å². The lowest BCUT2D eigenvalue weighted by atomic mass is 9.92. The van der Waals surface area contributed by atoms with E-state index in [0.717, 1.165) is 19.4 Å². The molecule has 90 valence electrons. The van der Waals surface area contributed by atoms with Crippen LogP contribution in [0.5, 0.6) is 0 Å². The largest absolute Gasteiger partial charge is 0.328 e. The predicted molar refractivity (Wildman–Crippen MR) is 68.6 cm³/mol. The monoisotopic (exact) mass is 241 g/mol. The molecule has 0 aliphatic heterocycles. The van der Waals surface area contributed by atoms with Crippen LogP contribution in [0.15, 0.2) is 24.5 Å². The minimum Gasteiger partial charge on any atom is -0.328 e. The van der Waals surface area contributed by atoms with Crippen molar-refractivity contribution in [3.05, 3.63) is 30.1 Å². The van der Waals surface area contributed by atoms with E-state index in [2.05, 4.69) is 22.4 Å². The number of aromatic nitrogens is 1. The predicted octanol–water partition coefficient (Wildman–Crippen LogP) is 1.86. The zero-order valence-electron chi connectivity index (χ0n) is 9.43. The Hall–Kier alpha value is -0.640. The number of rotatable bonds is 3. The molecule has 16 heavy (non-hydrogen) atoms. The molecule has 0 unspecified atom stereocenters. The van der Waals surface area contributed by atoms with Gasteiger partial charge in [-0.3, -0.25) is 4.98 Å². The van der Waals surface area contributed by atoms with E-state index in [1.165, 1.54) is 18.4 Å². The number of nitrogens with two attached hydrogens (primary N) is 1. The highest BCUT2D eigenvalue weighted by Gasteiger charge is 2.17. The molecule has 0 amide bonds. The summed E-state index contributed by atoms with van der Waals surface area (Å²) in [5.41, 5.74) is 7.17. The van der Waals surface area contributed by atoms with E-state index in [4.69, 9.17) is 5.73 Å². The minimum atomic E-state index is 0. The smallest absolute Gasteiger partial charge is 0.0271 e. The topological polar surface area (TPSA) is 50.9 Å². The average Bonchev–Trinajstić information content (AvgIpc) is 2.30. The summed E-state index contributed by atoms with van der Waals surface area (Å²) in [5, 5.41) is 3.58. The maximum Gasteiger partial charge on any atom is 0.0271 e. The summed E-state index contributed by atoms with van der Waals surface area (Å²) in [6.07, 6.45) is 8.43. The standard InChI is InChI=1S/C12H19N3.ClH/c13-11-1-3-12(4-2-11)15-9-10-5-7-14-8-6-10;/h5-8,11-12,15H,1-4,9,13H2;1H. The van der Waals surface area contributed by atoms with Crippen LogP contribution in [-0.2, 0) is 6.54 Å². The van der Waals surface area contributed by atoms with Gasteiger partial charge in [0.25, 0.3) is 0 Å². The first-order valence-electron chi connectivity index (χ1n) is 5.72. The van der Waals surface area contributed by atoms with E-state index in [1.807, 2.05) is 12.4 Å². The van der Waals surface area contributed by atoms with Crippen LogP contribution in [0.2, 0.25) is 0 Å². The summed E-state index contributed by atoms with van der Waals surface area (Å²) in [6, 6.07) is 5.20. The highest BCUT2D eigenvalue weighted by molar-refractivity contribution is 5.85. The van der Waals surface area contributed by atoms with Gasteiger partial charge in [-0.05, 0) is 43.4 Å². The van der Waals surface area contributed by atoms with Crippen LogP contribution >= 0.6 is 12.4 Å². The van der Waals surface area contributed by atoms with Crippen molar-refractivity contribution in [2.24, 2.45) is 5.73 Å². The first-order valence-corrected chi connectivity index (χ1v) is 5.72. The van der Waals surface area contributed by atoms with Gasteiger partial charge in [-0.15, -0.1) is 12.4 Å². The van der Waals surface area contributed by atoms with E-state index in [-0.39, 0.29) is 12.4 Å². The first-order chi connectivity index (χ1) is 7.34. The van der Waals surface area contributed by atoms with E-state index < -0.39 is 0 Å². The van der Waals surface area contributed by atoms with E-state index in [1.54, 1.807) is 0 Å². The fourth-order valence-electron chi connectivity index (χ4n) is 2.09. The summed E-state index contributed by atoms with van der Waals surface area (Å²) in [6.45, 7) is 0.947. The Kier molecular flexibility index (Phi) is 5.74. The molecular formula is C12H20ClN3. The highest BCUT2D eigenvalue weighted by atomic mass is 35.5. The number of nitrogens with zero attached hydrogens (tertiary/aromatic N) is 1. The zero-order valence-corrected chi connectivity index (χ0v) is 10.2.